The molecule has 1 aliphatic carbocycles. The first kappa shape index (κ1) is 13.6. The Hall–Kier alpha value is -0.870. The number of ether oxygens (including phenoxy) is 2. The first-order valence-electron chi connectivity index (χ1n) is 6.88. The first-order chi connectivity index (χ1) is 8.81. The van der Waals surface area contributed by atoms with E-state index in [2.05, 4.69) is 17.1 Å². The van der Waals surface area contributed by atoms with Gasteiger partial charge in [-0.15, -0.1) is 0 Å². The minimum atomic E-state index is -0.138. The van der Waals surface area contributed by atoms with Crippen LogP contribution in [0.25, 0.3) is 0 Å². The van der Waals surface area contributed by atoms with E-state index >= 15 is 0 Å². The molecule has 0 aromatic rings. The maximum Gasteiger partial charge on any atom is 0.319 e. The fraction of sp³-hybridized carbons (Fsp3) is 0.786. The van der Waals surface area contributed by atoms with Crippen LogP contribution in [0.15, 0.2) is 12.2 Å². The molecule has 0 N–H and O–H groups in total. The predicted octanol–water partition coefficient (Wildman–Crippen LogP) is 1.75. The van der Waals surface area contributed by atoms with E-state index < -0.39 is 0 Å². The number of esters is 1. The van der Waals surface area contributed by atoms with Crippen LogP contribution in [0.4, 0.5) is 0 Å². The first-order valence-corrected chi connectivity index (χ1v) is 6.88. The Morgan fingerprint density at radius 2 is 2.17 bits per heavy atom. The molecule has 2 aliphatic rings. The van der Waals surface area contributed by atoms with Crippen molar-refractivity contribution in [1.82, 2.24) is 4.90 Å². The number of carbonyl (C=O) groups is 1. The van der Waals surface area contributed by atoms with Crippen LogP contribution in [0.5, 0.6) is 0 Å². The Bertz CT molecular complexity index is 297. The van der Waals surface area contributed by atoms with Crippen LogP contribution in [-0.4, -0.2) is 49.8 Å². The summed E-state index contributed by atoms with van der Waals surface area (Å²) in [4.78, 5) is 13.9. The van der Waals surface area contributed by atoms with Crippen molar-refractivity contribution in [3.05, 3.63) is 12.2 Å². The van der Waals surface area contributed by atoms with Gasteiger partial charge < -0.3 is 9.47 Å². The fourth-order valence-corrected chi connectivity index (χ4v) is 2.82. The molecule has 4 nitrogen and oxygen atoms in total. The number of methoxy groups -OCH3 is 1. The molecular weight excluding hydrogens is 230 g/mol. The zero-order chi connectivity index (χ0) is 12.8. The molecule has 1 atom stereocenters. The summed E-state index contributed by atoms with van der Waals surface area (Å²) in [5.74, 6) is -0.138. The van der Waals surface area contributed by atoms with Gasteiger partial charge in [-0.3, -0.25) is 9.69 Å². The van der Waals surface area contributed by atoms with Gasteiger partial charge in [0.15, 0.2) is 0 Å². The van der Waals surface area contributed by atoms with E-state index in [1.54, 1.807) is 0 Å². The summed E-state index contributed by atoms with van der Waals surface area (Å²) in [6.45, 7) is 2.01. The average Bonchev–Trinajstić information content (AvgIpc) is 2.46. The molecule has 102 valence electrons. The highest BCUT2D eigenvalue weighted by Gasteiger charge is 2.29. The minimum absolute atomic E-state index is 0.138. The molecule has 0 amide bonds. The topological polar surface area (TPSA) is 38.8 Å². The summed E-state index contributed by atoms with van der Waals surface area (Å²) in [5, 5.41) is 0. The van der Waals surface area contributed by atoms with Gasteiger partial charge in [0.05, 0.1) is 13.7 Å². The molecule has 0 aromatic carbocycles. The van der Waals surface area contributed by atoms with Crippen molar-refractivity contribution in [2.24, 2.45) is 0 Å². The zero-order valence-corrected chi connectivity index (χ0v) is 11.1. The molecule has 4 heteroatoms. The van der Waals surface area contributed by atoms with Crippen molar-refractivity contribution in [2.45, 2.75) is 44.2 Å². The number of allylic oxidation sites excluding steroid dienone is 1. The lowest BCUT2D eigenvalue weighted by Gasteiger charge is -2.39. The molecule has 1 heterocycles. The summed E-state index contributed by atoms with van der Waals surface area (Å²) in [5.41, 5.74) is 0. The highest BCUT2D eigenvalue weighted by atomic mass is 16.5. The van der Waals surface area contributed by atoms with Gasteiger partial charge >= 0.3 is 5.97 Å². The van der Waals surface area contributed by atoms with E-state index in [-0.39, 0.29) is 5.97 Å². The molecule has 1 aliphatic heterocycles. The molecule has 0 bridgehead atoms. The Balaban J connectivity index is 2.02. The summed E-state index contributed by atoms with van der Waals surface area (Å²) in [6.07, 6.45) is 10.0. The van der Waals surface area contributed by atoms with E-state index in [0.29, 0.717) is 18.6 Å². The van der Waals surface area contributed by atoms with Crippen molar-refractivity contribution in [1.29, 1.82) is 0 Å². The molecule has 1 fully saturated rings. The molecule has 0 saturated carbocycles. The minimum Gasteiger partial charge on any atom is -0.468 e. The lowest BCUT2D eigenvalue weighted by atomic mass is 9.97. The second kappa shape index (κ2) is 6.90. The van der Waals surface area contributed by atoms with Crippen molar-refractivity contribution in [2.75, 3.05) is 26.9 Å². The number of hydrogen-bond donors (Lipinski definition) is 0. The van der Waals surface area contributed by atoms with Crippen molar-refractivity contribution in [3.8, 4) is 0 Å². The van der Waals surface area contributed by atoms with Crippen LogP contribution < -0.4 is 0 Å². The maximum absolute atomic E-state index is 11.6. The molecule has 2 rings (SSSR count). The van der Waals surface area contributed by atoms with E-state index in [9.17, 15) is 4.79 Å². The standard InChI is InChI=1S/C14H23NO3/c1-17-14(16)11-15(12-5-3-2-4-6-12)13-7-9-18-10-8-13/h3,5,12-13H,2,4,6-11H2,1H3. The third-order valence-corrected chi connectivity index (χ3v) is 3.85. The summed E-state index contributed by atoms with van der Waals surface area (Å²) in [7, 11) is 1.46. The maximum atomic E-state index is 11.6. The van der Waals surface area contributed by atoms with Crippen LogP contribution in [0, 0.1) is 0 Å². The monoisotopic (exact) mass is 253 g/mol. The van der Waals surface area contributed by atoms with Gasteiger partial charge in [0.2, 0.25) is 0 Å². The molecule has 18 heavy (non-hydrogen) atoms. The number of hydrogen-bond acceptors (Lipinski definition) is 4. The van der Waals surface area contributed by atoms with Crippen molar-refractivity contribution >= 4 is 5.97 Å². The largest absolute Gasteiger partial charge is 0.468 e. The van der Waals surface area contributed by atoms with Gasteiger partial charge in [-0.1, -0.05) is 12.2 Å². The Morgan fingerprint density at radius 3 is 2.78 bits per heavy atom. The Kier molecular flexibility index (Phi) is 5.20. The smallest absolute Gasteiger partial charge is 0.319 e. The molecule has 0 radical (unpaired) electrons. The SMILES string of the molecule is COC(=O)CN(C1C=CCCC1)C1CCOCC1. The molecule has 0 spiro atoms. The van der Waals surface area contributed by atoms with E-state index in [1.807, 2.05) is 0 Å². The third-order valence-electron chi connectivity index (χ3n) is 3.85. The van der Waals surface area contributed by atoms with E-state index in [0.717, 1.165) is 38.9 Å². The number of nitrogens with zero attached hydrogens (tertiary/aromatic N) is 1. The second-order valence-electron chi connectivity index (χ2n) is 5.02. The molecule has 0 aromatic heterocycles. The molecular formula is C14H23NO3. The quantitative estimate of drug-likeness (QED) is 0.565. The number of carbonyl (C=O) groups excluding carboxylic acids is 1. The molecule has 1 saturated heterocycles. The summed E-state index contributed by atoms with van der Waals surface area (Å²) < 4.78 is 10.2. The Morgan fingerprint density at radius 1 is 1.39 bits per heavy atom. The predicted molar refractivity (Wildman–Crippen MR) is 69.3 cm³/mol. The van der Waals surface area contributed by atoms with Gasteiger partial charge in [-0.05, 0) is 32.1 Å². The van der Waals surface area contributed by atoms with E-state index in [4.69, 9.17) is 9.47 Å². The van der Waals surface area contributed by atoms with Gasteiger partial charge in [0, 0.05) is 25.3 Å². The van der Waals surface area contributed by atoms with Crippen LogP contribution in [0.2, 0.25) is 0 Å². The Labute approximate surface area is 109 Å². The summed E-state index contributed by atoms with van der Waals surface area (Å²) in [6, 6.07) is 0.839. The summed E-state index contributed by atoms with van der Waals surface area (Å²) >= 11 is 0. The van der Waals surface area contributed by atoms with Crippen LogP contribution in [-0.2, 0) is 14.3 Å². The average molecular weight is 253 g/mol. The van der Waals surface area contributed by atoms with Gasteiger partial charge in [-0.2, -0.15) is 0 Å². The fourth-order valence-electron chi connectivity index (χ4n) is 2.82. The normalized spacial score (nSPS) is 25.3. The van der Waals surface area contributed by atoms with Gasteiger partial charge in [0.1, 0.15) is 0 Å². The van der Waals surface area contributed by atoms with Crippen molar-refractivity contribution < 1.29 is 14.3 Å². The van der Waals surface area contributed by atoms with Crippen LogP contribution in [0.1, 0.15) is 32.1 Å². The molecule has 1 unspecified atom stereocenters. The van der Waals surface area contributed by atoms with Crippen molar-refractivity contribution in [3.63, 3.8) is 0 Å². The lowest BCUT2D eigenvalue weighted by molar-refractivity contribution is -0.143. The zero-order valence-electron chi connectivity index (χ0n) is 11.1. The van der Waals surface area contributed by atoms with Gasteiger partial charge in [0.25, 0.3) is 0 Å². The third kappa shape index (κ3) is 3.56. The highest BCUT2D eigenvalue weighted by Crippen LogP contribution is 2.23. The van der Waals surface area contributed by atoms with Crippen LogP contribution >= 0.6 is 0 Å². The number of rotatable bonds is 4. The highest BCUT2D eigenvalue weighted by molar-refractivity contribution is 5.71. The van der Waals surface area contributed by atoms with E-state index in [1.165, 1.54) is 13.5 Å². The van der Waals surface area contributed by atoms with Gasteiger partial charge in [-0.25, -0.2) is 0 Å². The lowest BCUT2D eigenvalue weighted by Crippen LogP contribution is -2.48. The second-order valence-corrected chi connectivity index (χ2v) is 5.02. The van der Waals surface area contributed by atoms with Crippen LogP contribution in [0.3, 0.4) is 0 Å².